The molecule has 0 aliphatic carbocycles. The van der Waals surface area contributed by atoms with E-state index in [1.807, 2.05) is 36.4 Å². The molecular formula is C21H21ClFN3. The van der Waals surface area contributed by atoms with Crippen molar-refractivity contribution in [1.82, 2.24) is 14.5 Å². The van der Waals surface area contributed by atoms with E-state index in [0.717, 1.165) is 42.4 Å². The molecule has 0 saturated carbocycles. The fourth-order valence-corrected chi connectivity index (χ4v) is 3.58. The Kier molecular flexibility index (Phi) is 5.05. The summed E-state index contributed by atoms with van der Waals surface area (Å²) in [5.41, 5.74) is 3.14. The molecule has 26 heavy (non-hydrogen) atoms. The van der Waals surface area contributed by atoms with E-state index in [2.05, 4.69) is 15.7 Å². The molecule has 4 rings (SSSR count). The summed E-state index contributed by atoms with van der Waals surface area (Å²) in [6.45, 7) is 3.15. The van der Waals surface area contributed by atoms with Gasteiger partial charge in [0, 0.05) is 29.9 Å². The van der Waals surface area contributed by atoms with Gasteiger partial charge in [-0.3, -0.25) is 4.90 Å². The Labute approximate surface area is 158 Å². The van der Waals surface area contributed by atoms with Crippen LogP contribution in [0.3, 0.4) is 0 Å². The lowest BCUT2D eigenvalue weighted by atomic mass is 10.1. The highest BCUT2D eigenvalue weighted by Gasteiger charge is 2.16. The molecule has 134 valence electrons. The number of imidazole rings is 1. The zero-order valence-corrected chi connectivity index (χ0v) is 15.3. The van der Waals surface area contributed by atoms with Crippen molar-refractivity contribution >= 4 is 11.6 Å². The molecule has 1 fully saturated rings. The predicted molar refractivity (Wildman–Crippen MR) is 102 cm³/mol. The summed E-state index contributed by atoms with van der Waals surface area (Å²) in [7, 11) is 0. The normalized spacial score (nSPS) is 14.8. The minimum absolute atomic E-state index is 0.218. The zero-order chi connectivity index (χ0) is 17.9. The lowest BCUT2D eigenvalue weighted by molar-refractivity contribution is 0.327. The van der Waals surface area contributed by atoms with Gasteiger partial charge in [0.05, 0.1) is 5.69 Å². The van der Waals surface area contributed by atoms with Gasteiger partial charge in [-0.05, 0) is 67.9 Å². The van der Waals surface area contributed by atoms with Crippen molar-refractivity contribution in [1.29, 1.82) is 0 Å². The second kappa shape index (κ2) is 7.60. The van der Waals surface area contributed by atoms with Crippen LogP contribution in [0.2, 0.25) is 5.02 Å². The quantitative estimate of drug-likeness (QED) is 0.641. The Hall–Kier alpha value is -2.17. The highest BCUT2D eigenvalue weighted by Crippen LogP contribution is 2.20. The van der Waals surface area contributed by atoms with Crippen molar-refractivity contribution in [2.45, 2.75) is 25.8 Å². The van der Waals surface area contributed by atoms with Crippen molar-refractivity contribution in [2.24, 2.45) is 0 Å². The Morgan fingerprint density at radius 3 is 2.35 bits per heavy atom. The second-order valence-corrected chi connectivity index (χ2v) is 7.22. The molecule has 0 spiro atoms. The Bertz CT molecular complexity index is 865. The first-order chi connectivity index (χ1) is 12.7. The van der Waals surface area contributed by atoms with E-state index in [4.69, 9.17) is 16.6 Å². The van der Waals surface area contributed by atoms with Gasteiger partial charge in [0.15, 0.2) is 0 Å². The lowest BCUT2D eigenvalue weighted by Gasteiger charge is -2.11. The maximum absolute atomic E-state index is 13.2. The SMILES string of the molecule is Fc1ccc(Cc2nc(CN3CCCC3)cn2-c2ccc(Cl)cc2)cc1. The van der Waals surface area contributed by atoms with Crippen molar-refractivity contribution < 1.29 is 4.39 Å². The molecule has 3 nitrogen and oxygen atoms in total. The van der Waals surface area contributed by atoms with Gasteiger partial charge >= 0.3 is 0 Å². The van der Waals surface area contributed by atoms with Gasteiger partial charge in [-0.2, -0.15) is 0 Å². The molecule has 3 aromatic rings. The van der Waals surface area contributed by atoms with Gasteiger partial charge in [-0.25, -0.2) is 9.37 Å². The molecule has 1 aliphatic rings. The minimum Gasteiger partial charge on any atom is -0.303 e. The number of rotatable bonds is 5. The van der Waals surface area contributed by atoms with E-state index in [1.54, 1.807) is 0 Å². The van der Waals surface area contributed by atoms with E-state index in [0.29, 0.717) is 11.4 Å². The van der Waals surface area contributed by atoms with E-state index >= 15 is 0 Å². The van der Waals surface area contributed by atoms with E-state index in [-0.39, 0.29) is 5.82 Å². The Morgan fingerprint density at radius 2 is 1.65 bits per heavy atom. The van der Waals surface area contributed by atoms with Crippen LogP contribution in [0.25, 0.3) is 5.69 Å². The van der Waals surface area contributed by atoms with Crippen molar-refractivity contribution in [2.75, 3.05) is 13.1 Å². The van der Waals surface area contributed by atoms with Crippen LogP contribution >= 0.6 is 11.6 Å². The number of hydrogen-bond donors (Lipinski definition) is 0. The largest absolute Gasteiger partial charge is 0.303 e. The van der Waals surface area contributed by atoms with Crippen LogP contribution < -0.4 is 0 Å². The van der Waals surface area contributed by atoms with Gasteiger partial charge in [-0.1, -0.05) is 23.7 Å². The van der Waals surface area contributed by atoms with E-state index < -0.39 is 0 Å². The molecule has 1 saturated heterocycles. The molecule has 0 amide bonds. The number of nitrogens with zero attached hydrogens (tertiary/aromatic N) is 3. The number of aromatic nitrogens is 2. The molecule has 5 heteroatoms. The van der Waals surface area contributed by atoms with Gasteiger partial charge in [0.25, 0.3) is 0 Å². The van der Waals surface area contributed by atoms with Crippen LogP contribution in [0.1, 0.15) is 29.9 Å². The highest BCUT2D eigenvalue weighted by molar-refractivity contribution is 6.30. The van der Waals surface area contributed by atoms with Crippen LogP contribution in [0.15, 0.2) is 54.7 Å². The molecule has 2 aromatic carbocycles. The summed E-state index contributed by atoms with van der Waals surface area (Å²) in [4.78, 5) is 7.33. The van der Waals surface area contributed by atoms with Crippen LogP contribution in [0.4, 0.5) is 4.39 Å². The standard InChI is InChI=1S/C21H21ClFN3/c22-17-5-9-20(10-6-17)26-15-19(14-25-11-1-2-12-25)24-21(26)13-16-3-7-18(23)8-4-16/h3-10,15H,1-2,11-14H2. The molecule has 0 N–H and O–H groups in total. The Balaban J connectivity index is 1.65. The predicted octanol–water partition coefficient (Wildman–Crippen LogP) is 4.85. The van der Waals surface area contributed by atoms with Crippen LogP contribution in [-0.2, 0) is 13.0 Å². The summed E-state index contributed by atoms with van der Waals surface area (Å²) in [6, 6.07) is 14.4. The first-order valence-electron chi connectivity index (χ1n) is 8.97. The van der Waals surface area contributed by atoms with E-state index in [1.165, 1.54) is 25.0 Å². The zero-order valence-electron chi connectivity index (χ0n) is 14.5. The smallest absolute Gasteiger partial charge is 0.123 e. The van der Waals surface area contributed by atoms with E-state index in [9.17, 15) is 4.39 Å². The molecule has 1 aromatic heterocycles. The maximum Gasteiger partial charge on any atom is 0.123 e. The van der Waals surface area contributed by atoms with Gasteiger partial charge in [0.2, 0.25) is 0 Å². The molecule has 0 radical (unpaired) electrons. The van der Waals surface area contributed by atoms with Crippen molar-refractivity contribution in [3.8, 4) is 5.69 Å². The Morgan fingerprint density at radius 1 is 0.962 bits per heavy atom. The summed E-state index contributed by atoms with van der Waals surface area (Å²) in [5.74, 6) is 0.734. The molecule has 0 atom stereocenters. The van der Waals surface area contributed by atoms with Crippen molar-refractivity contribution in [3.05, 3.63) is 82.6 Å². The van der Waals surface area contributed by atoms with Gasteiger partial charge in [0.1, 0.15) is 11.6 Å². The number of likely N-dealkylation sites (tertiary alicyclic amines) is 1. The van der Waals surface area contributed by atoms with Gasteiger partial charge < -0.3 is 4.57 Å². The number of hydrogen-bond acceptors (Lipinski definition) is 2. The average molecular weight is 370 g/mol. The minimum atomic E-state index is -0.218. The maximum atomic E-state index is 13.2. The van der Waals surface area contributed by atoms with Crippen LogP contribution in [-0.4, -0.2) is 27.5 Å². The third-order valence-electron chi connectivity index (χ3n) is 4.79. The summed E-state index contributed by atoms with van der Waals surface area (Å²) >= 11 is 6.04. The second-order valence-electron chi connectivity index (χ2n) is 6.78. The number of benzene rings is 2. The monoisotopic (exact) mass is 369 g/mol. The molecule has 0 unspecified atom stereocenters. The highest BCUT2D eigenvalue weighted by atomic mass is 35.5. The van der Waals surface area contributed by atoms with Crippen LogP contribution in [0.5, 0.6) is 0 Å². The third-order valence-corrected chi connectivity index (χ3v) is 5.05. The first-order valence-corrected chi connectivity index (χ1v) is 9.35. The first kappa shape index (κ1) is 17.3. The number of halogens is 2. The summed E-state index contributed by atoms with van der Waals surface area (Å²) in [6.07, 6.45) is 5.30. The lowest BCUT2D eigenvalue weighted by Crippen LogP contribution is -2.18. The summed E-state index contributed by atoms with van der Waals surface area (Å²) < 4.78 is 15.3. The topological polar surface area (TPSA) is 21.1 Å². The van der Waals surface area contributed by atoms with Crippen molar-refractivity contribution in [3.63, 3.8) is 0 Å². The fraction of sp³-hybridized carbons (Fsp3) is 0.286. The molecule has 2 heterocycles. The fourth-order valence-electron chi connectivity index (χ4n) is 3.45. The van der Waals surface area contributed by atoms with Gasteiger partial charge in [-0.15, -0.1) is 0 Å². The molecular weight excluding hydrogens is 349 g/mol. The van der Waals surface area contributed by atoms with Crippen LogP contribution in [0, 0.1) is 5.82 Å². The molecule has 0 bridgehead atoms. The average Bonchev–Trinajstić information content (AvgIpc) is 3.28. The summed E-state index contributed by atoms with van der Waals surface area (Å²) in [5, 5.41) is 0.714. The molecule has 1 aliphatic heterocycles. The third kappa shape index (κ3) is 3.97.